The molecular weight excluding hydrogens is 225 g/mol. The van der Waals surface area contributed by atoms with Crippen LogP contribution in [0.3, 0.4) is 0 Å². The molecule has 6 nitrogen and oxygen atoms in total. The lowest BCUT2D eigenvalue weighted by molar-refractivity contribution is 0.325. The average molecular weight is 252 g/mol. The summed E-state index contributed by atoms with van der Waals surface area (Å²) in [4.78, 5) is 4.40. The molecule has 0 saturated carbocycles. The minimum absolute atomic E-state index is 0.149. The van der Waals surface area contributed by atoms with Gasteiger partial charge in [-0.05, 0) is 33.7 Å². The molecule has 0 bridgehead atoms. The van der Waals surface area contributed by atoms with Gasteiger partial charge in [0.2, 0.25) is 0 Å². The van der Waals surface area contributed by atoms with E-state index in [1.54, 1.807) is 0 Å². The number of nitrogens with one attached hydrogen (secondary N) is 4. The quantitative estimate of drug-likeness (QED) is 0.433. The molecule has 0 aliphatic carbocycles. The lowest BCUT2D eigenvalue weighted by Crippen LogP contribution is -2.79. The summed E-state index contributed by atoms with van der Waals surface area (Å²) in [6.07, 6.45) is 0. The molecule has 9 heteroatoms. The van der Waals surface area contributed by atoms with E-state index in [0.717, 1.165) is 15.1 Å². The van der Waals surface area contributed by atoms with Gasteiger partial charge < -0.3 is 10.4 Å². The van der Waals surface area contributed by atoms with Gasteiger partial charge in [0.05, 0.1) is 0 Å². The number of rotatable bonds is 6. The monoisotopic (exact) mass is 252 g/mol. The summed E-state index contributed by atoms with van der Waals surface area (Å²) in [5, 5.41) is 6.97. The van der Waals surface area contributed by atoms with Crippen LogP contribution in [0.5, 0.6) is 0 Å². The molecule has 0 atom stereocenters. The molecule has 0 radical (unpaired) electrons. The zero-order valence-corrected chi connectivity index (χ0v) is 12.6. The first-order valence-electron chi connectivity index (χ1n) is 6.92. The molecule has 102 valence electrons. The van der Waals surface area contributed by atoms with Gasteiger partial charge >= 0.3 is 7.12 Å². The van der Waals surface area contributed by atoms with Crippen molar-refractivity contribution in [1.29, 1.82) is 0 Å². The number of hydrazine groups is 2. The Kier molecular flexibility index (Phi) is 6.69. The van der Waals surface area contributed by atoms with Crippen molar-refractivity contribution in [2.45, 2.75) is 59.7 Å². The number of hydrogen-bond donors (Lipinski definition) is 4. The summed E-state index contributed by atoms with van der Waals surface area (Å²) in [7, 11) is 1.81. The number of hydrogen-bond acceptors (Lipinski definition) is 6. The van der Waals surface area contributed by atoms with Crippen molar-refractivity contribution < 1.29 is 0 Å². The summed E-state index contributed by atoms with van der Waals surface area (Å²) in [6, 6.07) is 1.27. The van der Waals surface area contributed by atoms with Crippen LogP contribution in [0.1, 0.15) is 41.5 Å². The highest BCUT2D eigenvalue weighted by molar-refractivity contribution is 6.72. The summed E-state index contributed by atoms with van der Waals surface area (Å²) in [6.45, 7) is 13.0. The van der Waals surface area contributed by atoms with Crippen molar-refractivity contribution in [3.63, 3.8) is 0 Å². The highest BCUT2D eigenvalue weighted by Gasteiger charge is 2.36. The van der Waals surface area contributed by atoms with Gasteiger partial charge in [0.15, 0.2) is 0 Å². The zero-order chi connectivity index (χ0) is 13.7. The Labute approximate surface area is 113 Å². The van der Waals surface area contributed by atoms with Crippen LogP contribution in [0.4, 0.5) is 0 Å². The van der Waals surface area contributed by atoms with Crippen molar-refractivity contribution >= 4 is 22.2 Å². The second kappa shape index (κ2) is 7.52. The molecule has 1 heterocycles. The molecule has 1 fully saturated rings. The van der Waals surface area contributed by atoms with Gasteiger partial charge in [-0.15, -0.1) is 0 Å². The standard InChI is InChI=1S/C9H27B3N6/c1-7(2)13-12-17(14-8(3)4)10-16-11-18(12)15-9(5)6/h7-11,13-16H,1-6H3. The Morgan fingerprint density at radius 1 is 0.833 bits per heavy atom. The predicted octanol–water partition coefficient (Wildman–Crippen LogP) is -1.46. The SMILES string of the molecule is CC(C)NB1N(NC(C)C)BNBN1NC(C)C. The maximum absolute atomic E-state index is 3.58. The predicted molar refractivity (Wildman–Crippen MR) is 81.7 cm³/mol. The van der Waals surface area contributed by atoms with Crippen LogP contribution in [0.15, 0.2) is 0 Å². The Balaban J connectivity index is 2.69. The first-order valence-corrected chi connectivity index (χ1v) is 6.92. The molecule has 4 N–H and O–H groups in total. The summed E-state index contributed by atoms with van der Waals surface area (Å²) in [5.74, 6) is 0. The van der Waals surface area contributed by atoms with Crippen molar-refractivity contribution in [3.05, 3.63) is 0 Å². The van der Waals surface area contributed by atoms with Gasteiger partial charge in [-0.25, -0.2) is 0 Å². The Morgan fingerprint density at radius 3 is 1.61 bits per heavy atom. The molecule has 1 rings (SSSR count). The molecule has 1 aliphatic heterocycles. The second-order valence-corrected chi connectivity index (χ2v) is 5.77. The van der Waals surface area contributed by atoms with E-state index in [2.05, 4.69) is 72.4 Å². The van der Waals surface area contributed by atoms with Gasteiger partial charge in [-0.1, -0.05) is 13.8 Å². The van der Waals surface area contributed by atoms with Gasteiger partial charge in [0.25, 0.3) is 15.1 Å². The van der Waals surface area contributed by atoms with E-state index in [-0.39, 0.29) is 7.12 Å². The van der Waals surface area contributed by atoms with E-state index < -0.39 is 0 Å². The first kappa shape index (κ1) is 16.0. The van der Waals surface area contributed by atoms with Gasteiger partial charge in [0.1, 0.15) is 0 Å². The Morgan fingerprint density at radius 2 is 1.28 bits per heavy atom. The largest absolute Gasteiger partial charge is 0.408 e. The minimum Gasteiger partial charge on any atom is -0.376 e. The summed E-state index contributed by atoms with van der Waals surface area (Å²) >= 11 is 0. The molecule has 0 aromatic carbocycles. The highest BCUT2D eigenvalue weighted by atomic mass is 15.6. The van der Waals surface area contributed by atoms with Gasteiger partial charge in [-0.3, -0.25) is 20.5 Å². The van der Waals surface area contributed by atoms with Crippen LogP contribution >= 0.6 is 0 Å². The maximum atomic E-state index is 3.58. The van der Waals surface area contributed by atoms with E-state index in [9.17, 15) is 0 Å². The van der Waals surface area contributed by atoms with Crippen molar-refractivity contribution in [2.75, 3.05) is 0 Å². The number of nitrogens with zero attached hydrogens (tertiary/aromatic N) is 2. The normalized spacial score (nSPS) is 18.6. The van der Waals surface area contributed by atoms with Gasteiger partial charge in [0, 0.05) is 12.1 Å². The third-order valence-corrected chi connectivity index (χ3v) is 2.49. The minimum atomic E-state index is 0.149. The smallest absolute Gasteiger partial charge is 0.376 e. The topological polar surface area (TPSA) is 54.6 Å². The highest BCUT2D eigenvalue weighted by Crippen LogP contribution is 1.99. The second-order valence-electron chi connectivity index (χ2n) is 5.77. The molecular formula is C9H27B3N6. The van der Waals surface area contributed by atoms with Crippen LogP contribution in [0, 0.1) is 0 Å². The van der Waals surface area contributed by atoms with E-state index in [1.165, 1.54) is 0 Å². The molecule has 0 unspecified atom stereocenters. The third kappa shape index (κ3) is 5.30. The Hall–Kier alpha value is -0.0452. The summed E-state index contributed by atoms with van der Waals surface area (Å²) in [5.41, 5.74) is 6.93. The summed E-state index contributed by atoms with van der Waals surface area (Å²) < 4.78 is 0. The third-order valence-electron chi connectivity index (χ3n) is 2.49. The molecule has 0 amide bonds. The van der Waals surface area contributed by atoms with E-state index in [0.29, 0.717) is 18.1 Å². The zero-order valence-electron chi connectivity index (χ0n) is 12.6. The first-order chi connectivity index (χ1) is 8.40. The Bertz CT molecular complexity index is 222. The fourth-order valence-corrected chi connectivity index (χ4v) is 2.01. The fraction of sp³-hybridized carbons (Fsp3) is 1.00. The van der Waals surface area contributed by atoms with Crippen molar-refractivity contribution in [3.8, 4) is 0 Å². The molecule has 18 heavy (non-hydrogen) atoms. The fourth-order valence-electron chi connectivity index (χ4n) is 2.01. The van der Waals surface area contributed by atoms with E-state index in [4.69, 9.17) is 0 Å². The van der Waals surface area contributed by atoms with Crippen LogP contribution in [0.25, 0.3) is 0 Å². The van der Waals surface area contributed by atoms with Crippen LogP contribution < -0.4 is 21.2 Å². The van der Waals surface area contributed by atoms with Crippen molar-refractivity contribution in [1.82, 2.24) is 30.9 Å². The lowest BCUT2D eigenvalue weighted by atomic mass is 9.71. The van der Waals surface area contributed by atoms with Crippen LogP contribution in [-0.2, 0) is 0 Å². The molecule has 1 aliphatic rings. The molecule has 0 aromatic heterocycles. The molecule has 0 aromatic rings. The van der Waals surface area contributed by atoms with Crippen LogP contribution in [-0.4, -0.2) is 50.0 Å². The molecule has 0 spiro atoms. The van der Waals surface area contributed by atoms with E-state index >= 15 is 0 Å². The van der Waals surface area contributed by atoms with Crippen molar-refractivity contribution in [2.24, 2.45) is 0 Å². The van der Waals surface area contributed by atoms with Crippen LogP contribution in [0.2, 0.25) is 0 Å². The lowest BCUT2D eigenvalue weighted by Gasteiger charge is -2.43. The van der Waals surface area contributed by atoms with Gasteiger partial charge in [-0.2, -0.15) is 0 Å². The average Bonchev–Trinajstić information content (AvgIpc) is 2.20. The molecule has 1 saturated heterocycles. The van der Waals surface area contributed by atoms with E-state index in [1.807, 2.05) is 0 Å². The maximum Gasteiger partial charge on any atom is 0.408 e.